The van der Waals surface area contributed by atoms with Crippen molar-refractivity contribution in [1.29, 1.82) is 0 Å². The van der Waals surface area contributed by atoms with Crippen LogP contribution >= 0.6 is 0 Å². The molecule has 9 heteroatoms. The van der Waals surface area contributed by atoms with E-state index < -0.39 is 34.3 Å². The first-order chi connectivity index (χ1) is 16.2. The Morgan fingerprint density at radius 2 is 1.65 bits per heavy atom. The molecule has 0 saturated heterocycles. The summed E-state index contributed by atoms with van der Waals surface area (Å²) in [6.45, 7) is 0.930. The van der Waals surface area contributed by atoms with Gasteiger partial charge < -0.3 is 10.2 Å². The molecular weight excluding hydrogens is 457 g/mol. The largest absolute Gasteiger partial charge is 0.352 e. The number of benzene rings is 2. The molecule has 34 heavy (non-hydrogen) atoms. The zero-order valence-electron chi connectivity index (χ0n) is 19.6. The van der Waals surface area contributed by atoms with Crippen LogP contribution in [0.15, 0.2) is 54.6 Å². The predicted octanol–water partition coefficient (Wildman–Crippen LogP) is 3.46. The minimum absolute atomic E-state index is 0.0472. The number of amides is 2. The van der Waals surface area contributed by atoms with Gasteiger partial charge in [0.2, 0.25) is 21.8 Å². The highest BCUT2D eigenvalue weighted by atomic mass is 32.2. The third-order valence-corrected chi connectivity index (χ3v) is 7.28. The van der Waals surface area contributed by atoms with Crippen LogP contribution in [0, 0.1) is 5.82 Å². The third-order valence-electron chi connectivity index (χ3n) is 6.14. The second-order valence-electron chi connectivity index (χ2n) is 8.74. The Kier molecular flexibility index (Phi) is 8.66. The van der Waals surface area contributed by atoms with E-state index in [0.717, 1.165) is 42.7 Å². The van der Waals surface area contributed by atoms with Gasteiger partial charge in [0, 0.05) is 18.2 Å². The fourth-order valence-electron chi connectivity index (χ4n) is 4.17. The molecule has 1 atom stereocenters. The van der Waals surface area contributed by atoms with E-state index in [1.165, 1.54) is 11.0 Å². The van der Waals surface area contributed by atoms with E-state index in [9.17, 15) is 22.4 Å². The summed E-state index contributed by atoms with van der Waals surface area (Å²) < 4.78 is 40.4. The van der Waals surface area contributed by atoms with Crippen LogP contribution in [0.4, 0.5) is 10.1 Å². The molecule has 0 radical (unpaired) electrons. The summed E-state index contributed by atoms with van der Waals surface area (Å²) in [6.07, 6.45) is 6.01. The number of carbonyl (C=O) groups excluding carboxylic acids is 2. The smallest absolute Gasteiger partial charge is 0.244 e. The average Bonchev–Trinajstić information content (AvgIpc) is 2.82. The fraction of sp³-hybridized carbons (Fsp3) is 0.440. The number of sulfonamides is 1. The molecule has 2 aromatic carbocycles. The maximum atomic E-state index is 14.4. The van der Waals surface area contributed by atoms with Crippen LogP contribution in [0.5, 0.6) is 0 Å². The van der Waals surface area contributed by atoms with Crippen LogP contribution in [0.1, 0.15) is 44.6 Å². The van der Waals surface area contributed by atoms with E-state index in [0.29, 0.717) is 5.69 Å². The van der Waals surface area contributed by atoms with Crippen molar-refractivity contribution in [1.82, 2.24) is 10.2 Å². The normalized spacial score (nSPS) is 15.4. The molecule has 1 aliphatic rings. The molecule has 0 spiro atoms. The lowest BCUT2D eigenvalue weighted by molar-refractivity contribution is -0.139. The van der Waals surface area contributed by atoms with Gasteiger partial charge in [-0.15, -0.1) is 0 Å². The van der Waals surface area contributed by atoms with Crippen LogP contribution in [-0.4, -0.2) is 50.0 Å². The van der Waals surface area contributed by atoms with Crippen LogP contribution in [-0.2, 0) is 26.2 Å². The third kappa shape index (κ3) is 6.79. The number of nitrogens with one attached hydrogen (secondary N) is 1. The lowest BCUT2D eigenvalue weighted by Crippen LogP contribution is -2.53. The molecule has 3 rings (SSSR count). The molecule has 0 bridgehead atoms. The molecule has 2 aromatic rings. The highest BCUT2D eigenvalue weighted by molar-refractivity contribution is 7.92. The van der Waals surface area contributed by atoms with E-state index in [1.807, 2.05) is 0 Å². The van der Waals surface area contributed by atoms with E-state index in [1.54, 1.807) is 55.5 Å². The van der Waals surface area contributed by atoms with Gasteiger partial charge in [0.05, 0.1) is 11.9 Å². The number of carbonyl (C=O) groups is 2. The minimum Gasteiger partial charge on any atom is -0.352 e. The quantitative estimate of drug-likeness (QED) is 0.585. The van der Waals surface area contributed by atoms with Gasteiger partial charge in [0.15, 0.2) is 0 Å². The number of hydrogen-bond acceptors (Lipinski definition) is 4. The van der Waals surface area contributed by atoms with Crippen LogP contribution in [0.3, 0.4) is 0 Å². The maximum absolute atomic E-state index is 14.4. The van der Waals surface area contributed by atoms with Gasteiger partial charge >= 0.3 is 0 Å². The Labute approximate surface area is 201 Å². The highest BCUT2D eigenvalue weighted by Gasteiger charge is 2.31. The monoisotopic (exact) mass is 489 g/mol. The van der Waals surface area contributed by atoms with Crippen molar-refractivity contribution in [2.24, 2.45) is 0 Å². The van der Waals surface area contributed by atoms with Gasteiger partial charge in [0.1, 0.15) is 18.4 Å². The van der Waals surface area contributed by atoms with Gasteiger partial charge in [-0.25, -0.2) is 12.8 Å². The molecule has 1 aliphatic carbocycles. The van der Waals surface area contributed by atoms with Crippen molar-refractivity contribution in [3.05, 3.63) is 66.0 Å². The van der Waals surface area contributed by atoms with Gasteiger partial charge in [-0.1, -0.05) is 55.7 Å². The molecule has 184 valence electrons. The van der Waals surface area contributed by atoms with Crippen molar-refractivity contribution in [2.45, 2.75) is 57.7 Å². The summed E-state index contributed by atoms with van der Waals surface area (Å²) in [5, 5.41) is 3.01. The second-order valence-corrected chi connectivity index (χ2v) is 10.6. The predicted molar refractivity (Wildman–Crippen MR) is 130 cm³/mol. The van der Waals surface area contributed by atoms with Crippen molar-refractivity contribution in [3.8, 4) is 0 Å². The molecule has 0 heterocycles. The van der Waals surface area contributed by atoms with Gasteiger partial charge in [-0.3, -0.25) is 13.9 Å². The van der Waals surface area contributed by atoms with Crippen LogP contribution < -0.4 is 9.62 Å². The number of hydrogen-bond donors (Lipinski definition) is 1. The molecule has 2 amide bonds. The van der Waals surface area contributed by atoms with E-state index in [2.05, 4.69) is 5.32 Å². The average molecular weight is 490 g/mol. The molecular formula is C25H32FN3O4S. The van der Waals surface area contributed by atoms with Gasteiger partial charge in [-0.05, 0) is 38.0 Å². The Hall–Kier alpha value is -2.94. The first-order valence-electron chi connectivity index (χ1n) is 11.5. The number of anilines is 1. The summed E-state index contributed by atoms with van der Waals surface area (Å²) >= 11 is 0. The Balaban J connectivity index is 1.86. The molecule has 1 fully saturated rings. The van der Waals surface area contributed by atoms with Crippen molar-refractivity contribution >= 4 is 27.5 Å². The molecule has 0 aromatic heterocycles. The number of rotatable bonds is 9. The number of nitrogens with zero attached hydrogens (tertiary/aromatic N) is 2. The minimum atomic E-state index is -3.79. The molecule has 1 saturated carbocycles. The SMILES string of the molecule is CC(C(=O)NC1CCCCC1)N(Cc1ccccc1F)C(=O)CN(c1ccccc1)S(C)(=O)=O. The lowest BCUT2D eigenvalue weighted by Gasteiger charge is -2.33. The highest BCUT2D eigenvalue weighted by Crippen LogP contribution is 2.20. The van der Waals surface area contributed by atoms with E-state index in [4.69, 9.17) is 0 Å². The summed E-state index contributed by atoms with van der Waals surface area (Å²) in [6, 6.07) is 13.5. The standard InChI is InChI=1S/C25H32FN3O4S/c1-19(25(31)27-21-12-5-3-6-13-21)28(17-20-11-9-10-16-23(20)26)24(30)18-29(34(2,32)33)22-14-7-4-8-15-22/h4,7-11,14-16,19,21H,3,5-6,12-13,17-18H2,1-2H3,(H,27,31). The van der Waals surface area contributed by atoms with Gasteiger partial charge in [-0.2, -0.15) is 0 Å². The zero-order chi connectivity index (χ0) is 24.7. The maximum Gasteiger partial charge on any atom is 0.244 e. The van der Waals surface area contributed by atoms with Gasteiger partial charge in [0.25, 0.3) is 0 Å². The zero-order valence-corrected chi connectivity index (χ0v) is 20.4. The molecule has 1 N–H and O–H groups in total. The summed E-state index contributed by atoms with van der Waals surface area (Å²) in [5.41, 5.74) is 0.585. The van der Waals surface area contributed by atoms with Crippen molar-refractivity contribution < 1.29 is 22.4 Å². The molecule has 7 nitrogen and oxygen atoms in total. The second kappa shape index (κ2) is 11.5. The summed E-state index contributed by atoms with van der Waals surface area (Å²) in [7, 11) is -3.79. The topological polar surface area (TPSA) is 86.8 Å². The molecule has 0 aliphatic heterocycles. The van der Waals surface area contributed by atoms with E-state index >= 15 is 0 Å². The fourth-order valence-corrected chi connectivity index (χ4v) is 5.02. The summed E-state index contributed by atoms with van der Waals surface area (Å²) in [5.74, 6) is -1.42. The lowest BCUT2D eigenvalue weighted by atomic mass is 9.95. The van der Waals surface area contributed by atoms with E-state index in [-0.39, 0.29) is 24.1 Å². The Morgan fingerprint density at radius 3 is 2.26 bits per heavy atom. The van der Waals surface area contributed by atoms with Crippen molar-refractivity contribution in [2.75, 3.05) is 17.1 Å². The van der Waals surface area contributed by atoms with Crippen molar-refractivity contribution in [3.63, 3.8) is 0 Å². The molecule has 1 unspecified atom stereocenters. The Bertz CT molecular complexity index is 1090. The number of para-hydroxylation sites is 1. The van der Waals surface area contributed by atoms with Crippen LogP contribution in [0.2, 0.25) is 0 Å². The van der Waals surface area contributed by atoms with Crippen LogP contribution in [0.25, 0.3) is 0 Å². The Morgan fingerprint density at radius 1 is 1.03 bits per heavy atom. The first kappa shape index (κ1) is 25.7. The number of halogens is 1. The summed E-state index contributed by atoms with van der Waals surface area (Å²) in [4.78, 5) is 27.7. The first-order valence-corrected chi connectivity index (χ1v) is 13.4.